The number of hydrogen-bond acceptors (Lipinski definition) is 4. The Morgan fingerprint density at radius 3 is 2.65 bits per heavy atom. The van der Waals surface area contributed by atoms with Gasteiger partial charge < -0.3 is 11.1 Å². The predicted molar refractivity (Wildman–Crippen MR) is 95.5 cm³/mol. The van der Waals surface area contributed by atoms with Crippen LogP contribution in [-0.2, 0) is 14.8 Å². The molecule has 1 fully saturated rings. The zero-order chi connectivity index (χ0) is 16.3. The molecule has 1 aliphatic heterocycles. The zero-order valence-corrected chi connectivity index (χ0v) is 15.0. The summed E-state index contributed by atoms with van der Waals surface area (Å²) in [5.74, 6) is 0.250. The van der Waals surface area contributed by atoms with Crippen molar-refractivity contribution in [2.75, 3.05) is 21.9 Å². The van der Waals surface area contributed by atoms with Crippen LogP contribution in [0.15, 0.2) is 24.3 Å². The molecule has 130 valence electrons. The van der Waals surface area contributed by atoms with E-state index in [0.29, 0.717) is 36.7 Å². The summed E-state index contributed by atoms with van der Waals surface area (Å²) < 4.78 is 25.3. The van der Waals surface area contributed by atoms with Crippen molar-refractivity contribution in [1.82, 2.24) is 0 Å². The molecule has 1 amide bonds. The van der Waals surface area contributed by atoms with Gasteiger partial charge in [-0.2, -0.15) is 0 Å². The van der Waals surface area contributed by atoms with Crippen LogP contribution >= 0.6 is 12.4 Å². The second-order valence-electron chi connectivity index (χ2n) is 6.02. The number of amides is 1. The predicted octanol–water partition coefficient (Wildman–Crippen LogP) is 1.96. The first-order valence-electron chi connectivity index (χ1n) is 7.46. The third kappa shape index (κ3) is 5.09. The lowest BCUT2D eigenvalue weighted by atomic mass is 10.0. The molecule has 1 aromatic rings. The number of sulfonamides is 1. The van der Waals surface area contributed by atoms with E-state index < -0.39 is 16.1 Å². The third-order valence-corrected chi connectivity index (χ3v) is 5.43. The first-order chi connectivity index (χ1) is 10.3. The van der Waals surface area contributed by atoms with E-state index in [1.165, 1.54) is 4.31 Å². The standard InChI is InChI=1S/C15H23N3O3S.ClH/c1-11(2)9-14(16)15(19)17-12-5-3-6-13(10-12)18-7-4-8-22(18,20)21;/h3,5-6,10-11,14H,4,7-9,16H2,1-2H3,(H,17,19);1H/t14-;/m0./s1. The normalized spacial score (nSPS) is 17.7. The molecule has 0 aromatic heterocycles. The summed E-state index contributed by atoms with van der Waals surface area (Å²) in [7, 11) is -3.22. The number of rotatable bonds is 5. The monoisotopic (exact) mass is 361 g/mol. The summed E-state index contributed by atoms with van der Waals surface area (Å²) in [6.45, 7) is 4.49. The molecule has 2 rings (SSSR count). The third-order valence-electron chi connectivity index (χ3n) is 3.56. The lowest BCUT2D eigenvalue weighted by Gasteiger charge is -2.18. The fourth-order valence-corrected chi connectivity index (χ4v) is 4.07. The molecule has 1 heterocycles. The smallest absolute Gasteiger partial charge is 0.241 e. The van der Waals surface area contributed by atoms with E-state index in [-0.39, 0.29) is 24.1 Å². The maximum absolute atomic E-state index is 12.0. The van der Waals surface area contributed by atoms with Crippen molar-refractivity contribution in [3.63, 3.8) is 0 Å². The zero-order valence-electron chi connectivity index (χ0n) is 13.4. The van der Waals surface area contributed by atoms with E-state index in [4.69, 9.17) is 5.73 Å². The average Bonchev–Trinajstić information content (AvgIpc) is 2.77. The fraction of sp³-hybridized carbons (Fsp3) is 0.533. The summed E-state index contributed by atoms with van der Waals surface area (Å²) in [6.07, 6.45) is 1.23. The summed E-state index contributed by atoms with van der Waals surface area (Å²) in [5.41, 5.74) is 6.99. The van der Waals surface area contributed by atoms with Gasteiger partial charge in [-0.15, -0.1) is 12.4 Å². The number of carbonyl (C=O) groups excluding carboxylic acids is 1. The molecular weight excluding hydrogens is 338 g/mol. The van der Waals surface area contributed by atoms with Crippen molar-refractivity contribution in [3.05, 3.63) is 24.3 Å². The number of halogens is 1. The van der Waals surface area contributed by atoms with Gasteiger partial charge in [-0.05, 0) is 37.0 Å². The van der Waals surface area contributed by atoms with Crippen molar-refractivity contribution in [2.45, 2.75) is 32.7 Å². The van der Waals surface area contributed by atoms with Crippen LogP contribution in [0, 0.1) is 5.92 Å². The van der Waals surface area contributed by atoms with Gasteiger partial charge in [-0.1, -0.05) is 19.9 Å². The van der Waals surface area contributed by atoms with Crippen LogP contribution in [0.25, 0.3) is 0 Å². The molecule has 0 unspecified atom stereocenters. The number of hydrogen-bond donors (Lipinski definition) is 2. The van der Waals surface area contributed by atoms with Gasteiger partial charge in [0.15, 0.2) is 0 Å². The second kappa shape index (κ2) is 7.99. The largest absolute Gasteiger partial charge is 0.325 e. The highest BCUT2D eigenvalue weighted by atomic mass is 35.5. The van der Waals surface area contributed by atoms with Gasteiger partial charge in [0.25, 0.3) is 0 Å². The van der Waals surface area contributed by atoms with Crippen molar-refractivity contribution < 1.29 is 13.2 Å². The summed E-state index contributed by atoms with van der Waals surface area (Å²) in [6, 6.07) is 6.29. The van der Waals surface area contributed by atoms with Crippen LogP contribution in [0.1, 0.15) is 26.7 Å². The van der Waals surface area contributed by atoms with E-state index in [2.05, 4.69) is 5.32 Å². The van der Waals surface area contributed by atoms with Crippen LogP contribution in [0.4, 0.5) is 11.4 Å². The summed E-state index contributed by atoms with van der Waals surface area (Å²) >= 11 is 0. The van der Waals surface area contributed by atoms with Gasteiger partial charge in [0.05, 0.1) is 17.5 Å². The molecule has 3 N–H and O–H groups in total. The van der Waals surface area contributed by atoms with Crippen molar-refractivity contribution in [1.29, 1.82) is 0 Å². The fourth-order valence-electron chi connectivity index (χ4n) is 2.52. The highest BCUT2D eigenvalue weighted by molar-refractivity contribution is 7.93. The minimum atomic E-state index is -3.22. The lowest BCUT2D eigenvalue weighted by molar-refractivity contribution is -0.117. The molecule has 0 spiro atoms. The highest BCUT2D eigenvalue weighted by Crippen LogP contribution is 2.26. The molecule has 1 atom stereocenters. The van der Waals surface area contributed by atoms with Gasteiger partial charge in [0, 0.05) is 12.2 Å². The molecule has 8 heteroatoms. The molecule has 1 aliphatic rings. The van der Waals surface area contributed by atoms with E-state index >= 15 is 0 Å². The van der Waals surface area contributed by atoms with E-state index in [1.807, 2.05) is 13.8 Å². The first-order valence-corrected chi connectivity index (χ1v) is 9.07. The maximum Gasteiger partial charge on any atom is 0.241 e. The quantitative estimate of drug-likeness (QED) is 0.838. The van der Waals surface area contributed by atoms with E-state index in [9.17, 15) is 13.2 Å². The lowest BCUT2D eigenvalue weighted by Crippen LogP contribution is -2.36. The Balaban J connectivity index is 0.00000264. The molecule has 0 saturated carbocycles. The molecule has 1 saturated heterocycles. The van der Waals surface area contributed by atoms with Crippen LogP contribution in [0.3, 0.4) is 0 Å². The Kier molecular flexibility index (Phi) is 6.85. The summed E-state index contributed by atoms with van der Waals surface area (Å²) in [4.78, 5) is 12.0. The van der Waals surface area contributed by atoms with Crippen LogP contribution in [-0.4, -0.2) is 32.7 Å². The molecule has 6 nitrogen and oxygen atoms in total. The second-order valence-corrected chi connectivity index (χ2v) is 8.03. The SMILES string of the molecule is CC(C)C[C@H](N)C(=O)Nc1cccc(N2CCCS2(=O)=O)c1.Cl. The van der Waals surface area contributed by atoms with Crippen LogP contribution in [0.2, 0.25) is 0 Å². The Morgan fingerprint density at radius 1 is 1.39 bits per heavy atom. The maximum atomic E-state index is 12.0. The molecule has 0 bridgehead atoms. The number of nitrogens with zero attached hydrogens (tertiary/aromatic N) is 1. The molecule has 1 aromatic carbocycles. The minimum absolute atomic E-state index is 0. The first kappa shape index (κ1) is 19.7. The Hall–Kier alpha value is -1.31. The van der Waals surface area contributed by atoms with Crippen molar-refractivity contribution in [2.24, 2.45) is 11.7 Å². The number of nitrogens with one attached hydrogen (secondary N) is 1. The van der Waals surface area contributed by atoms with Crippen LogP contribution in [0.5, 0.6) is 0 Å². The number of nitrogens with two attached hydrogens (primary N) is 1. The summed E-state index contributed by atoms with van der Waals surface area (Å²) in [5, 5.41) is 2.75. The topological polar surface area (TPSA) is 92.5 Å². The van der Waals surface area contributed by atoms with Crippen molar-refractivity contribution in [3.8, 4) is 0 Å². The van der Waals surface area contributed by atoms with Crippen LogP contribution < -0.4 is 15.4 Å². The molecule has 0 radical (unpaired) electrons. The van der Waals surface area contributed by atoms with Crippen molar-refractivity contribution >= 4 is 39.7 Å². The number of carbonyl (C=O) groups is 1. The average molecular weight is 362 g/mol. The molecular formula is C15H24ClN3O3S. The Bertz CT molecular complexity index is 649. The van der Waals surface area contributed by atoms with Gasteiger partial charge in [-0.25, -0.2) is 8.42 Å². The molecule has 0 aliphatic carbocycles. The Morgan fingerprint density at radius 2 is 2.09 bits per heavy atom. The van der Waals surface area contributed by atoms with E-state index in [1.54, 1.807) is 24.3 Å². The number of benzene rings is 1. The Labute approximate surface area is 143 Å². The molecule has 23 heavy (non-hydrogen) atoms. The highest BCUT2D eigenvalue weighted by Gasteiger charge is 2.28. The van der Waals surface area contributed by atoms with Gasteiger partial charge in [0.2, 0.25) is 15.9 Å². The van der Waals surface area contributed by atoms with E-state index in [0.717, 1.165) is 0 Å². The van der Waals surface area contributed by atoms with Gasteiger partial charge in [-0.3, -0.25) is 9.10 Å². The van der Waals surface area contributed by atoms with Gasteiger partial charge >= 0.3 is 0 Å². The minimum Gasteiger partial charge on any atom is -0.325 e. The number of anilines is 2. The van der Waals surface area contributed by atoms with Gasteiger partial charge in [0.1, 0.15) is 0 Å².